The van der Waals surface area contributed by atoms with Crippen LogP contribution in [0.25, 0.3) is 0 Å². The number of carbonyl (C=O) groups is 1. The minimum atomic E-state index is -1.95. The summed E-state index contributed by atoms with van der Waals surface area (Å²) in [7, 11) is 0. The molecule has 1 unspecified atom stereocenters. The number of nitrogens with zero attached hydrogens (tertiary/aromatic N) is 3. The summed E-state index contributed by atoms with van der Waals surface area (Å²) >= 11 is -0.383. The first-order valence-electron chi connectivity index (χ1n) is 10.5. The highest BCUT2D eigenvalue weighted by Crippen LogP contribution is 2.24. The minimum Gasteiger partial charge on any atom is -0.322 e. The molecule has 34 heavy (non-hydrogen) atoms. The van der Waals surface area contributed by atoms with E-state index in [1.165, 1.54) is 0 Å². The van der Waals surface area contributed by atoms with Gasteiger partial charge >= 0.3 is 0 Å². The molecule has 8 nitrogen and oxygen atoms in total. The van der Waals surface area contributed by atoms with Crippen molar-refractivity contribution >= 4 is 45.0 Å². The molecular weight excluding hydrogens is 470 g/mol. The molecule has 2 aromatic heterocycles. The number of anilines is 3. The third kappa shape index (κ3) is 6.53. The number of aryl methyl sites for hydroxylation is 3. The Morgan fingerprint density at radius 1 is 1.09 bits per heavy atom. The maximum absolute atomic E-state index is 12.7. The molecule has 0 bridgehead atoms. The van der Waals surface area contributed by atoms with Crippen LogP contribution in [0, 0.1) is 6.92 Å². The summed E-state index contributed by atoms with van der Waals surface area (Å²) in [5.74, 6) is 0.379. The molecule has 4 rings (SSSR count). The van der Waals surface area contributed by atoms with Gasteiger partial charge in [-0.15, -0.1) is 11.3 Å². The summed E-state index contributed by atoms with van der Waals surface area (Å²) in [6.45, 7) is 2.05. The van der Waals surface area contributed by atoms with Gasteiger partial charge in [-0.3, -0.25) is 9.78 Å². The highest BCUT2D eigenvalue weighted by molar-refractivity contribution is 7.78. The number of benzene rings is 2. The van der Waals surface area contributed by atoms with Crippen LogP contribution in [0.5, 0.6) is 0 Å². The number of carbonyl (C=O) groups excluding carboxylic acids is 1. The predicted molar refractivity (Wildman–Crippen MR) is 135 cm³/mol. The quantitative estimate of drug-likeness (QED) is 0.288. The number of amides is 1. The first kappa shape index (κ1) is 23.7. The SMILES string of the molecule is Cc1ccc(NC(=O)c2cccc(CS(=O)O)c2)cc1CCc1cnc(Nc2cnccn2)s1. The highest BCUT2D eigenvalue weighted by atomic mass is 32.2. The monoisotopic (exact) mass is 493 g/mol. The van der Waals surface area contributed by atoms with Crippen LogP contribution in [0.1, 0.15) is 31.9 Å². The molecule has 3 N–H and O–H groups in total. The summed E-state index contributed by atoms with van der Waals surface area (Å²) in [6, 6.07) is 12.6. The Labute approximate surface area is 203 Å². The Hall–Kier alpha value is -3.47. The second-order valence-electron chi connectivity index (χ2n) is 7.61. The van der Waals surface area contributed by atoms with E-state index < -0.39 is 11.1 Å². The van der Waals surface area contributed by atoms with Crippen molar-refractivity contribution in [3.05, 3.63) is 94.4 Å². The lowest BCUT2D eigenvalue weighted by molar-refractivity contribution is 0.102. The average molecular weight is 494 g/mol. The Kier molecular flexibility index (Phi) is 7.73. The van der Waals surface area contributed by atoms with E-state index in [0.29, 0.717) is 22.6 Å². The van der Waals surface area contributed by atoms with Crippen molar-refractivity contribution in [3.8, 4) is 0 Å². The van der Waals surface area contributed by atoms with Crippen LogP contribution >= 0.6 is 11.3 Å². The van der Waals surface area contributed by atoms with Crippen molar-refractivity contribution in [1.82, 2.24) is 15.0 Å². The number of hydrogen-bond donors (Lipinski definition) is 3. The summed E-state index contributed by atoms with van der Waals surface area (Å²) < 4.78 is 20.1. The van der Waals surface area contributed by atoms with Crippen molar-refractivity contribution in [3.63, 3.8) is 0 Å². The van der Waals surface area contributed by atoms with Gasteiger partial charge in [0.2, 0.25) is 0 Å². The smallest absolute Gasteiger partial charge is 0.255 e. The van der Waals surface area contributed by atoms with Crippen LogP contribution in [0.15, 0.2) is 67.3 Å². The predicted octanol–water partition coefficient (Wildman–Crippen LogP) is 4.74. The van der Waals surface area contributed by atoms with Crippen molar-refractivity contribution in [2.24, 2.45) is 0 Å². The van der Waals surface area contributed by atoms with Gasteiger partial charge in [-0.2, -0.15) is 0 Å². The lowest BCUT2D eigenvalue weighted by Crippen LogP contribution is -2.12. The van der Waals surface area contributed by atoms with Gasteiger partial charge in [0.15, 0.2) is 22.0 Å². The van der Waals surface area contributed by atoms with Crippen LogP contribution in [0.3, 0.4) is 0 Å². The molecular formula is C24H23N5O3S2. The van der Waals surface area contributed by atoms with E-state index in [4.69, 9.17) is 4.55 Å². The zero-order valence-electron chi connectivity index (χ0n) is 18.4. The van der Waals surface area contributed by atoms with Gasteiger partial charge in [-0.05, 0) is 60.7 Å². The number of rotatable bonds is 9. The van der Waals surface area contributed by atoms with Crippen molar-refractivity contribution in [2.45, 2.75) is 25.5 Å². The molecule has 1 atom stereocenters. The lowest BCUT2D eigenvalue weighted by Gasteiger charge is -2.11. The van der Waals surface area contributed by atoms with Gasteiger partial charge in [-0.1, -0.05) is 18.2 Å². The lowest BCUT2D eigenvalue weighted by atomic mass is 10.0. The van der Waals surface area contributed by atoms with Gasteiger partial charge in [0.25, 0.3) is 5.91 Å². The Bertz CT molecular complexity index is 1310. The normalized spacial score (nSPS) is 11.7. The largest absolute Gasteiger partial charge is 0.322 e. The highest BCUT2D eigenvalue weighted by Gasteiger charge is 2.10. The van der Waals surface area contributed by atoms with Crippen LogP contribution in [-0.4, -0.2) is 29.6 Å². The first-order valence-corrected chi connectivity index (χ1v) is 12.6. The number of thiazole rings is 1. The molecule has 0 saturated heterocycles. The minimum absolute atomic E-state index is 0.0106. The number of hydrogen-bond acceptors (Lipinski definition) is 7. The maximum Gasteiger partial charge on any atom is 0.255 e. The molecule has 174 valence electrons. The molecule has 0 fully saturated rings. The maximum atomic E-state index is 12.7. The summed E-state index contributed by atoms with van der Waals surface area (Å²) in [5.41, 5.74) is 4.07. The Balaban J connectivity index is 1.39. The standard InChI is InChI=1S/C24H23N5O3S2/c1-16-5-7-20(28-23(30)19-4-2-3-17(11-19)15-34(31)32)12-18(16)6-8-21-13-27-24(33-21)29-22-14-25-9-10-26-22/h2-5,7,9-14H,6,8,15H2,1H3,(H,28,30)(H,31,32)(H,26,27,29). The van der Waals surface area contributed by atoms with Gasteiger partial charge in [0.05, 0.1) is 11.9 Å². The molecule has 0 aliphatic rings. The molecule has 0 aliphatic heterocycles. The third-order valence-corrected chi connectivity index (χ3v) is 6.63. The molecule has 4 aromatic rings. The molecule has 0 aliphatic carbocycles. The molecule has 2 aromatic carbocycles. The topological polar surface area (TPSA) is 117 Å². The summed E-state index contributed by atoms with van der Waals surface area (Å²) in [5, 5.41) is 6.84. The van der Waals surface area contributed by atoms with Crippen LogP contribution < -0.4 is 10.6 Å². The van der Waals surface area contributed by atoms with Crippen molar-refractivity contribution in [1.29, 1.82) is 0 Å². The van der Waals surface area contributed by atoms with E-state index >= 15 is 0 Å². The number of nitrogens with one attached hydrogen (secondary N) is 2. The first-order chi connectivity index (χ1) is 16.5. The van der Waals surface area contributed by atoms with Gasteiger partial charge in [0.1, 0.15) is 0 Å². The van der Waals surface area contributed by atoms with Crippen molar-refractivity contribution < 1.29 is 13.6 Å². The molecule has 0 radical (unpaired) electrons. The van der Waals surface area contributed by atoms with E-state index in [2.05, 4.69) is 25.6 Å². The Morgan fingerprint density at radius 2 is 1.97 bits per heavy atom. The fourth-order valence-corrected chi connectivity index (χ4v) is 4.66. The summed E-state index contributed by atoms with van der Waals surface area (Å²) in [4.78, 5) is 26.5. The van der Waals surface area contributed by atoms with E-state index in [9.17, 15) is 9.00 Å². The third-order valence-electron chi connectivity index (χ3n) is 5.08. The van der Waals surface area contributed by atoms with Crippen LogP contribution in [-0.2, 0) is 29.7 Å². The van der Waals surface area contributed by atoms with Crippen LogP contribution in [0.2, 0.25) is 0 Å². The van der Waals surface area contributed by atoms with Crippen molar-refractivity contribution in [2.75, 3.05) is 10.6 Å². The fourth-order valence-electron chi connectivity index (χ4n) is 3.38. The van der Waals surface area contributed by atoms with E-state index in [0.717, 1.165) is 34.0 Å². The van der Waals surface area contributed by atoms with E-state index in [1.807, 2.05) is 31.3 Å². The molecule has 0 saturated carbocycles. The van der Waals surface area contributed by atoms with Gasteiger partial charge < -0.3 is 15.2 Å². The average Bonchev–Trinajstić information content (AvgIpc) is 3.27. The second kappa shape index (κ2) is 11.1. The van der Waals surface area contributed by atoms with Gasteiger partial charge in [0, 0.05) is 34.7 Å². The second-order valence-corrected chi connectivity index (χ2v) is 9.66. The molecule has 2 heterocycles. The molecule has 10 heteroatoms. The number of aromatic nitrogens is 3. The molecule has 1 amide bonds. The summed E-state index contributed by atoms with van der Waals surface area (Å²) in [6.07, 6.45) is 8.37. The van der Waals surface area contributed by atoms with E-state index in [1.54, 1.807) is 54.2 Å². The zero-order valence-corrected chi connectivity index (χ0v) is 20.0. The fraction of sp³-hybridized carbons (Fsp3) is 0.167. The molecule has 0 spiro atoms. The van der Waals surface area contributed by atoms with Crippen LogP contribution in [0.4, 0.5) is 16.6 Å². The zero-order chi connectivity index (χ0) is 23.9. The van der Waals surface area contributed by atoms with Gasteiger partial charge in [-0.25, -0.2) is 14.2 Å². The Morgan fingerprint density at radius 3 is 2.76 bits per heavy atom. The van der Waals surface area contributed by atoms with E-state index in [-0.39, 0.29) is 11.7 Å².